The molecule has 4 nitrogen and oxygen atoms in total. The van der Waals surface area contributed by atoms with Crippen molar-refractivity contribution < 1.29 is 18.7 Å². The van der Waals surface area contributed by atoms with Crippen LogP contribution >= 0.6 is 0 Å². The summed E-state index contributed by atoms with van der Waals surface area (Å²) >= 11 is 0. The Hall–Kier alpha value is -3.18. The first-order chi connectivity index (χ1) is 13.7. The Morgan fingerprint density at radius 3 is 2.68 bits per heavy atom. The molecule has 0 aliphatic carbocycles. The van der Waals surface area contributed by atoms with E-state index in [4.69, 9.17) is 14.3 Å². The number of nitrogens with zero attached hydrogens (tertiary/aromatic N) is 1. The third kappa shape index (κ3) is 4.21. The molecular weight excluding hydrogens is 357 g/mol. The topological polar surface area (TPSA) is 40.0 Å². The van der Waals surface area contributed by atoms with Crippen molar-refractivity contribution >= 4 is 6.21 Å². The van der Waals surface area contributed by atoms with Gasteiger partial charge in [0.05, 0.1) is 12.8 Å². The summed E-state index contributed by atoms with van der Waals surface area (Å²) in [5.41, 5.74) is 4.27. The summed E-state index contributed by atoms with van der Waals surface area (Å²) in [6.45, 7) is 2.40. The van der Waals surface area contributed by atoms with Crippen LogP contribution in [0.3, 0.4) is 0 Å². The Labute approximate surface area is 163 Å². The van der Waals surface area contributed by atoms with Crippen molar-refractivity contribution in [3.8, 4) is 5.75 Å². The maximum atomic E-state index is 14.0. The number of hydrogen-bond acceptors (Lipinski definition) is 4. The molecular formula is C23H20FNO3. The molecule has 1 aliphatic heterocycles. The van der Waals surface area contributed by atoms with Crippen LogP contribution in [0.25, 0.3) is 0 Å². The minimum Gasteiger partial charge on any atom is -0.460 e. The first kappa shape index (κ1) is 18.2. The van der Waals surface area contributed by atoms with Crippen molar-refractivity contribution in [2.75, 3.05) is 0 Å². The summed E-state index contributed by atoms with van der Waals surface area (Å²) < 4.78 is 25.7. The van der Waals surface area contributed by atoms with Crippen LogP contribution in [0.15, 0.2) is 71.9 Å². The molecule has 0 saturated carbocycles. The number of ether oxygens (including phenoxy) is 2. The van der Waals surface area contributed by atoms with Crippen molar-refractivity contribution in [2.24, 2.45) is 5.16 Å². The van der Waals surface area contributed by atoms with E-state index >= 15 is 0 Å². The Morgan fingerprint density at radius 2 is 1.89 bits per heavy atom. The van der Waals surface area contributed by atoms with Gasteiger partial charge in [-0.1, -0.05) is 65.3 Å². The van der Waals surface area contributed by atoms with Crippen molar-refractivity contribution in [1.82, 2.24) is 0 Å². The number of rotatable bonds is 5. The number of hydrogen-bond donors (Lipinski definition) is 0. The van der Waals surface area contributed by atoms with Gasteiger partial charge in [-0.15, -0.1) is 0 Å². The molecule has 4 rings (SSSR count). The molecule has 0 fully saturated rings. The molecule has 3 aromatic rings. The highest BCUT2D eigenvalue weighted by Gasteiger charge is 2.25. The lowest BCUT2D eigenvalue weighted by Crippen LogP contribution is -2.19. The lowest BCUT2D eigenvalue weighted by molar-refractivity contribution is -0.112. The normalized spacial score (nSPS) is 15.9. The number of halogens is 1. The van der Waals surface area contributed by atoms with E-state index in [1.807, 2.05) is 61.5 Å². The molecule has 3 aromatic carbocycles. The second kappa shape index (κ2) is 8.23. The first-order valence-electron chi connectivity index (χ1n) is 9.05. The van der Waals surface area contributed by atoms with Crippen LogP contribution in [0, 0.1) is 12.7 Å². The van der Waals surface area contributed by atoms with Gasteiger partial charge in [0, 0.05) is 16.7 Å². The molecule has 0 radical (unpaired) electrons. The van der Waals surface area contributed by atoms with E-state index < -0.39 is 6.29 Å². The molecule has 0 saturated heterocycles. The highest BCUT2D eigenvalue weighted by molar-refractivity contribution is 5.79. The SMILES string of the molecule is Cc1ccc(/C=N\OCc2cc(F)cc3c2O[C@@H](c2ccccc2)OC3)cc1. The van der Waals surface area contributed by atoms with E-state index in [2.05, 4.69) is 5.16 Å². The number of fused-ring (bicyclic) bond motifs is 1. The van der Waals surface area contributed by atoms with Crippen LogP contribution in [0.2, 0.25) is 0 Å². The predicted octanol–water partition coefficient (Wildman–Crippen LogP) is 5.29. The molecule has 0 N–H and O–H groups in total. The van der Waals surface area contributed by atoms with Gasteiger partial charge >= 0.3 is 0 Å². The third-order valence-corrected chi connectivity index (χ3v) is 4.47. The minimum absolute atomic E-state index is 0.101. The van der Waals surface area contributed by atoms with Gasteiger partial charge in [0.1, 0.15) is 18.2 Å². The number of aryl methyl sites for hydroxylation is 1. The van der Waals surface area contributed by atoms with Gasteiger partial charge in [-0.05, 0) is 24.6 Å². The Morgan fingerprint density at radius 1 is 1.11 bits per heavy atom. The molecule has 0 aromatic heterocycles. The zero-order valence-corrected chi connectivity index (χ0v) is 15.5. The Kier molecular flexibility index (Phi) is 5.35. The number of oxime groups is 1. The maximum Gasteiger partial charge on any atom is 0.227 e. The van der Waals surface area contributed by atoms with Gasteiger partial charge in [0.25, 0.3) is 0 Å². The highest BCUT2D eigenvalue weighted by atomic mass is 19.1. The van der Waals surface area contributed by atoms with Crippen LogP contribution in [0.5, 0.6) is 5.75 Å². The Bertz CT molecular complexity index is 971. The summed E-state index contributed by atoms with van der Waals surface area (Å²) in [4.78, 5) is 5.40. The first-order valence-corrected chi connectivity index (χ1v) is 9.05. The smallest absolute Gasteiger partial charge is 0.227 e. The molecule has 0 spiro atoms. The second-order valence-corrected chi connectivity index (χ2v) is 6.64. The summed E-state index contributed by atoms with van der Waals surface area (Å²) in [7, 11) is 0. The fraction of sp³-hybridized carbons (Fsp3) is 0.174. The maximum absolute atomic E-state index is 14.0. The molecule has 0 unspecified atom stereocenters. The Balaban J connectivity index is 1.48. The van der Waals surface area contributed by atoms with Crippen molar-refractivity contribution in [1.29, 1.82) is 0 Å². The monoisotopic (exact) mass is 377 g/mol. The van der Waals surface area contributed by atoms with E-state index in [1.165, 1.54) is 17.7 Å². The minimum atomic E-state index is -0.533. The molecule has 1 heterocycles. The zero-order chi connectivity index (χ0) is 19.3. The molecule has 0 amide bonds. The standard InChI is InChI=1S/C23H20FNO3/c1-16-7-9-17(10-8-16)13-25-27-15-20-12-21(24)11-19-14-26-23(28-22(19)20)18-5-3-2-4-6-18/h2-13,23H,14-15H2,1H3/b25-13-/t23-/m0/s1. The van der Waals surface area contributed by atoms with Crippen LogP contribution < -0.4 is 4.74 Å². The van der Waals surface area contributed by atoms with E-state index in [9.17, 15) is 4.39 Å². The summed E-state index contributed by atoms with van der Waals surface area (Å²) in [6, 6.07) is 20.4. The van der Waals surface area contributed by atoms with E-state index in [1.54, 1.807) is 6.21 Å². The third-order valence-electron chi connectivity index (χ3n) is 4.47. The van der Waals surface area contributed by atoms with Gasteiger partial charge in [0.2, 0.25) is 6.29 Å². The quantitative estimate of drug-likeness (QED) is 0.448. The highest BCUT2D eigenvalue weighted by Crippen LogP contribution is 2.36. The van der Waals surface area contributed by atoms with Crippen LogP contribution in [-0.4, -0.2) is 6.21 Å². The van der Waals surface area contributed by atoms with Gasteiger partial charge in [-0.25, -0.2) is 4.39 Å². The van der Waals surface area contributed by atoms with Crippen LogP contribution in [0.1, 0.15) is 34.1 Å². The summed E-state index contributed by atoms with van der Waals surface area (Å²) in [6.07, 6.45) is 1.09. The average Bonchev–Trinajstić information content (AvgIpc) is 2.72. The molecule has 0 bridgehead atoms. The van der Waals surface area contributed by atoms with Crippen LogP contribution in [-0.2, 0) is 22.8 Å². The van der Waals surface area contributed by atoms with Crippen molar-refractivity contribution in [3.05, 3.63) is 100 Å². The second-order valence-electron chi connectivity index (χ2n) is 6.64. The van der Waals surface area contributed by atoms with Gasteiger partial charge in [0.15, 0.2) is 0 Å². The zero-order valence-electron chi connectivity index (χ0n) is 15.5. The van der Waals surface area contributed by atoms with Gasteiger partial charge in [-0.2, -0.15) is 0 Å². The van der Waals surface area contributed by atoms with Gasteiger partial charge in [-0.3, -0.25) is 0 Å². The molecule has 5 heteroatoms. The molecule has 1 aliphatic rings. The van der Waals surface area contributed by atoms with Crippen LogP contribution in [0.4, 0.5) is 4.39 Å². The summed E-state index contributed by atoms with van der Waals surface area (Å²) in [5.74, 6) is 0.234. The predicted molar refractivity (Wildman–Crippen MR) is 105 cm³/mol. The lowest BCUT2D eigenvalue weighted by atomic mass is 10.1. The fourth-order valence-electron chi connectivity index (χ4n) is 3.02. The van der Waals surface area contributed by atoms with Gasteiger partial charge < -0.3 is 14.3 Å². The summed E-state index contributed by atoms with van der Waals surface area (Å²) in [5, 5.41) is 3.99. The molecule has 142 valence electrons. The lowest BCUT2D eigenvalue weighted by Gasteiger charge is -2.28. The van der Waals surface area contributed by atoms with E-state index in [0.717, 1.165) is 11.1 Å². The van der Waals surface area contributed by atoms with E-state index in [0.29, 0.717) is 16.9 Å². The largest absolute Gasteiger partial charge is 0.460 e. The molecule has 28 heavy (non-hydrogen) atoms. The van der Waals surface area contributed by atoms with E-state index in [-0.39, 0.29) is 19.0 Å². The fourth-order valence-corrected chi connectivity index (χ4v) is 3.02. The van der Waals surface area contributed by atoms with Crippen molar-refractivity contribution in [2.45, 2.75) is 26.4 Å². The molecule has 1 atom stereocenters. The van der Waals surface area contributed by atoms with Crippen molar-refractivity contribution in [3.63, 3.8) is 0 Å². The number of benzene rings is 3. The average molecular weight is 377 g/mol.